The van der Waals surface area contributed by atoms with E-state index in [1.807, 2.05) is 0 Å². The maximum absolute atomic E-state index is 5.65. The Morgan fingerprint density at radius 2 is 1.87 bits per heavy atom. The summed E-state index contributed by atoms with van der Waals surface area (Å²) < 4.78 is 5.65. The van der Waals surface area contributed by atoms with Crippen LogP contribution in [0.1, 0.15) is 53.9 Å². The Kier molecular flexibility index (Phi) is 10.3. The van der Waals surface area contributed by atoms with Crippen molar-refractivity contribution in [3.8, 4) is 0 Å². The van der Waals surface area contributed by atoms with Gasteiger partial charge in [0.25, 0.3) is 0 Å². The van der Waals surface area contributed by atoms with Gasteiger partial charge in [-0.3, -0.25) is 9.89 Å². The normalized spacial score (nSPS) is 15.7. The number of guanidine groups is 1. The Labute approximate surface area is 143 Å². The Balaban J connectivity index is 2.19. The molecular weight excluding hydrogens is 288 g/mol. The van der Waals surface area contributed by atoms with E-state index in [9.17, 15) is 0 Å². The van der Waals surface area contributed by atoms with E-state index < -0.39 is 0 Å². The second-order valence-electron chi connectivity index (χ2n) is 6.98. The van der Waals surface area contributed by atoms with Crippen LogP contribution >= 0.6 is 0 Å². The molecular formula is C18H38N4O. The van der Waals surface area contributed by atoms with Gasteiger partial charge >= 0.3 is 0 Å². The van der Waals surface area contributed by atoms with Gasteiger partial charge in [-0.15, -0.1) is 0 Å². The van der Waals surface area contributed by atoms with Crippen LogP contribution in [0.5, 0.6) is 0 Å². The zero-order valence-electron chi connectivity index (χ0n) is 15.9. The average molecular weight is 327 g/mol. The number of nitrogens with one attached hydrogen (secondary N) is 2. The molecule has 0 heterocycles. The summed E-state index contributed by atoms with van der Waals surface area (Å²) in [7, 11) is 0. The van der Waals surface area contributed by atoms with Crippen LogP contribution in [0.3, 0.4) is 0 Å². The summed E-state index contributed by atoms with van der Waals surface area (Å²) >= 11 is 0. The van der Waals surface area contributed by atoms with Gasteiger partial charge in [0.1, 0.15) is 0 Å². The minimum atomic E-state index is 0.569. The van der Waals surface area contributed by atoms with E-state index in [1.54, 1.807) is 0 Å². The summed E-state index contributed by atoms with van der Waals surface area (Å²) in [5, 5.41) is 6.75. The van der Waals surface area contributed by atoms with Gasteiger partial charge in [-0.05, 0) is 59.8 Å². The molecule has 1 aliphatic carbocycles. The molecule has 0 saturated heterocycles. The molecule has 0 radical (unpaired) electrons. The van der Waals surface area contributed by atoms with Crippen molar-refractivity contribution in [3.63, 3.8) is 0 Å². The molecule has 5 nitrogen and oxygen atoms in total. The molecule has 0 aromatic heterocycles. The summed E-state index contributed by atoms with van der Waals surface area (Å²) in [6.45, 7) is 16.5. The standard InChI is InChI=1S/C18H38N4O/c1-6-19-18(20-10-7-13-23-14-17-8-9-17)21-11-12-22(15(2)3)16(4)5/h15-17H,6-14H2,1-5H3,(H2,19,20,21). The van der Waals surface area contributed by atoms with Crippen molar-refractivity contribution < 1.29 is 4.74 Å². The van der Waals surface area contributed by atoms with Crippen molar-refractivity contribution in [2.75, 3.05) is 39.4 Å². The first-order chi connectivity index (χ1) is 11.0. The molecule has 23 heavy (non-hydrogen) atoms. The summed E-state index contributed by atoms with van der Waals surface area (Å²) in [5.41, 5.74) is 0. The number of nitrogens with zero attached hydrogens (tertiary/aromatic N) is 2. The van der Waals surface area contributed by atoms with Gasteiger partial charge in [0.05, 0.1) is 0 Å². The summed E-state index contributed by atoms with van der Waals surface area (Å²) in [4.78, 5) is 7.12. The van der Waals surface area contributed by atoms with Gasteiger partial charge in [-0.25, -0.2) is 0 Å². The van der Waals surface area contributed by atoms with Crippen molar-refractivity contribution in [2.45, 2.75) is 66.0 Å². The Morgan fingerprint density at radius 1 is 1.17 bits per heavy atom. The molecule has 0 spiro atoms. The molecule has 0 aromatic carbocycles. The van der Waals surface area contributed by atoms with Crippen LogP contribution in [0.4, 0.5) is 0 Å². The lowest BCUT2D eigenvalue weighted by atomic mass is 10.2. The third-order valence-electron chi connectivity index (χ3n) is 4.10. The Hall–Kier alpha value is -0.810. The van der Waals surface area contributed by atoms with Crippen LogP contribution in [0.2, 0.25) is 0 Å². The third kappa shape index (κ3) is 9.82. The molecule has 1 aliphatic rings. The molecule has 1 fully saturated rings. The van der Waals surface area contributed by atoms with Crippen LogP contribution < -0.4 is 10.6 Å². The molecule has 136 valence electrons. The topological polar surface area (TPSA) is 48.9 Å². The maximum atomic E-state index is 5.65. The SMILES string of the molecule is CCNC(=NCCCOCC1CC1)NCCN(C(C)C)C(C)C. The molecule has 0 aromatic rings. The van der Waals surface area contributed by atoms with Crippen LogP contribution in [-0.2, 0) is 4.74 Å². The summed E-state index contributed by atoms with van der Waals surface area (Å²) in [6.07, 6.45) is 3.71. The molecule has 0 amide bonds. The highest BCUT2D eigenvalue weighted by Crippen LogP contribution is 2.28. The lowest BCUT2D eigenvalue weighted by Gasteiger charge is -2.30. The van der Waals surface area contributed by atoms with E-state index in [-0.39, 0.29) is 0 Å². The molecule has 1 saturated carbocycles. The number of ether oxygens (including phenoxy) is 1. The molecule has 2 N–H and O–H groups in total. The number of aliphatic imine (C=N–C) groups is 1. The third-order valence-corrected chi connectivity index (χ3v) is 4.10. The quantitative estimate of drug-likeness (QED) is 0.329. The highest BCUT2D eigenvalue weighted by Gasteiger charge is 2.20. The zero-order valence-corrected chi connectivity index (χ0v) is 15.9. The summed E-state index contributed by atoms with van der Waals surface area (Å²) in [6, 6.07) is 1.14. The van der Waals surface area contributed by atoms with Crippen molar-refractivity contribution in [1.82, 2.24) is 15.5 Å². The fourth-order valence-corrected chi connectivity index (χ4v) is 2.65. The maximum Gasteiger partial charge on any atom is 0.191 e. The lowest BCUT2D eigenvalue weighted by Crippen LogP contribution is -2.45. The lowest BCUT2D eigenvalue weighted by molar-refractivity contribution is 0.123. The fraction of sp³-hybridized carbons (Fsp3) is 0.944. The smallest absolute Gasteiger partial charge is 0.191 e. The zero-order chi connectivity index (χ0) is 17.1. The monoisotopic (exact) mass is 326 g/mol. The highest BCUT2D eigenvalue weighted by molar-refractivity contribution is 5.79. The number of hydrogen-bond donors (Lipinski definition) is 2. The first-order valence-corrected chi connectivity index (χ1v) is 9.40. The van der Waals surface area contributed by atoms with Gasteiger partial charge < -0.3 is 15.4 Å². The van der Waals surface area contributed by atoms with Crippen molar-refractivity contribution >= 4 is 5.96 Å². The minimum absolute atomic E-state index is 0.569. The first-order valence-electron chi connectivity index (χ1n) is 9.40. The molecule has 5 heteroatoms. The molecule has 0 atom stereocenters. The Bertz CT molecular complexity index is 319. The van der Waals surface area contributed by atoms with Crippen LogP contribution in [0.15, 0.2) is 4.99 Å². The first kappa shape index (κ1) is 20.2. The second-order valence-corrected chi connectivity index (χ2v) is 6.98. The largest absolute Gasteiger partial charge is 0.381 e. The molecule has 0 aliphatic heterocycles. The van der Waals surface area contributed by atoms with Crippen molar-refractivity contribution in [3.05, 3.63) is 0 Å². The fourth-order valence-electron chi connectivity index (χ4n) is 2.65. The number of hydrogen-bond acceptors (Lipinski definition) is 3. The van der Waals surface area contributed by atoms with Gasteiger partial charge in [-0.1, -0.05) is 0 Å². The molecule has 0 unspecified atom stereocenters. The Morgan fingerprint density at radius 3 is 2.43 bits per heavy atom. The number of rotatable bonds is 12. The van der Waals surface area contributed by atoms with E-state index in [4.69, 9.17) is 4.74 Å². The van der Waals surface area contributed by atoms with Crippen molar-refractivity contribution in [2.24, 2.45) is 10.9 Å². The van der Waals surface area contributed by atoms with Crippen LogP contribution in [-0.4, -0.2) is 62.3 Å². The highest BCUT2D eigenvalue weighted by atomic mass is 16.5. The molecule has 1 rings (SSSR count). The van der Waals surface area contributed by atoms with Gasteiger partial charge in [0, 0.05) is 51.5 Å². The average Bonchev–Trinajstić information content (AvgIpc) is 3.30. The van der Waals surface area contributed by atoms with E-state index in [0.717, 1.165) is 57.7 Å². The van der Waals surface area contributed by atoms with Gasteiger partial charge in [0.2, 0.25) is 0 Å². The molecule has 0 bridgehead atoms. The summed E-state index contributed by atoms with van der Waals surface area (Å²) in [5.74, 6) is 1.77. The predicted octanol–water partition coefficient (Wildman–Crippen LogP) is 2.48. The van der Waals surface area contributed by atoms with E-state index in [1.165, 1.54) is 12.8 Å². The van der Waals surface area contributed by atoms with E-state index in [0.29, 0.717) is 12.1 Å². The van der Waals surface area contributed by atoms with Crippen molar-refractivity contribution in [1.29, 1.82) is 0 Å². The van der Waals surface area contributed by atoms with E-state index in [2.05, 4.69) is 55.1 Å². The predicted molar refractivity (Wildman–Crippen MR) is 99.1 cm³/mol. The minimum Gasteiger partial charge on any atom is -0.381 e. The van der Waals surface area contributed by atoms with Gasteiger partial charge in [-0.2, -0.15) is 0 Å². The van der Waals surface area contributed by atoms with Gasteiger partial charge in [0.15, 0.2) is 5.96 Å². The van der Waals surface area contributed by atoms with Crippen LogP contribution in [0, 0.1) is 5.92 Å². The van der Waals surface area contributed by atoms with Crippen LogP contribution in [0.25, 0.3) is 0 Å². The second kappa shape index (κ2) is 11.7. The van der Waals surface area contributed by atoms with E-state index >= 15 is 0 Å².